The lowest BCUT2D eigenvalue weighted by atomic mass is 9.95. The predicted molar refractivity (Wildman–Crippen MR) is 119 cm³/mol. The summed E-state index contributed by atoms with van der Waals surface area (Å²) in [7, 11) is 0. The van der Waals surface area contributed by atoms with Gasteiger partial charge in [-0.3, -0.25) is 0 Å². The van der Waals surface area contributed by atoms with Crippen LogP contribution in [0.5, 0.6) is 5.75 Å². The molecule has 0 unspecified atom stereocenters. The number of ether oxygens (including phenoxy) is 1. The fourth-order valence-electron chi connectivity index (χ4n) is 4.22. The van der Waals surface area contributed by atoms with Crippen molar-refractivity contribution < 1.29 is 4.74 Å². The quantitative estimate of drug-likeness (QED) is 0.359. The van der Waals surface area contributed by atoms with E-state index < -0.39 is 0 Å². The Morgan fingerprint density at radius 1 is 0.966 bits per heavy atom. The number of hydrogen-bond acceptors (Lipinski definition) is 4. The van der Waals surface area contributed by atoms with Crippen molar-refractivity contribution >= 4 is 39.4 Å². The summed E-state index contributed by atoms with van der Waals surface area (Å²) in [6.07, 6.45) is 0.614. The smallest absolute Gasteiger partial charge is 0.222 e. The van der Waals surface area contributed by atoms with Gasteiger partial charge in [-0.15, -0.1) is 11.3 Å². The third kappa shape index (κ3) is 2.83. The van der Waals surface area contributed by atoms with Gasteiger partial charge in [0.15, 0.2) is 0 Å². The van der Waals surface area contributed by atoms with Crippen molar-refractivity contribution in [3.63, 3.8) is 0 Å². The molecular formula is C24H17ClN2OS. The van der Waals surface area contributed by atoms with E-state index in [0.717, 1.165) is 38.9 Å². The first kappa shape index (κ1) is 17.1. The summed E-state index contributed by atoms with van der Waals surface area (Å²) >= 11 is 8.01. The van der Waals surface area contributed by atoms with E-state index in [0.29, 0.717) is 0 Å². The topological polar surface area (TPSA) is 24.8 Å². The maximum absolute atomic E-state index is 6.37. The van der Waals surface area contributed by atoms with Crippen LogP contribution in [-0.4, -0.2) is 10.7 Å². The van der Waals surface area contributed by atoms with Crippen LogP contribution in [0.4, 0.5) is 0 Å². The van der Waals surface area contributed by atoms with Crippen molar-refractivity contribution in [2.24, 2.45) is 5.10 Å². The Kier molecular flexibility index (Phi) is 3.89. The lowest BCUT2D eigenvalue weighted by Crippen LogP contribution is -2.33. The minimum absolute atomic E-state index is 0.117. The fraction of sp³-hybridized carbons (Fsp3) is 0.125. The molecule has 0 saturated carbocycles. The molecule has 0 aliphatic carbocycles. The van der Waals surface area contributed by atoms with Crippen LogP contribution in [0.15, 0.2) is 83.3 Å². The third-order valence-electron chi connectivity index (χ3n) is 5.62. The van der Waals surface area contributed by atoms with Crippen molar-refractivity contribution in [1.82, 2.24) is 5.01 Å². The second-order valence-electron chi connectivity index (χ2n) is 7.38. The van der Waals surface area contributed by atoms with Crippen LogP contribution < -0.4 is 4.74 Å². The molecule has 0 saturated heterocycles. The van der Waals surface area contributed by atoms with Crippen LogP contribution in [0, 0.1) is 0 Å². The monoisotopic (exact) mass is 416 g/mol. The van der Waals surface area contributed by atoms with E-state index in [2.05, 4.69) is 65.0 Å². The molecular weight excluding hydrogens is 400 g/mol. The molecule has 3 heterocycles. The largest absolute Gasteiger partial charge is 0.464 e. The molecule has 0 radical (unpaired) electrons. The van der Waals surface area contributed by atoms with Crippen LogP contribution >= 0.6 is 22.9 Å². The third-order valence-corrected chi connectivity index (χ3v) is 6.76. The van der Waals surface area contributed by atoms with Gasteiger partial charge < -0.3 is 4.74 Å². The van der Waals surface area contributed by atoms with Crippen LogP contribution in [0.25, 0.3) is 10.8 Å². The summed E-state index contributed by atoms with van der Waals surface area (Å²) in [6, 6.07) is 25.1. The van der Waals surface area contributed by atoms with Gasteiger partial charge in [0, 0.05) is 17.0 Å². The van der Waals surface area contributed by atoms with Crippen molar-refractivity contribution in [2.45, 2.75) is 18.7 Å². The minimum Gasteiger partial charge on any atom is -0.464 e. The highest BCUT2D eigenvalue weighted by Crippen LogP contribution is 2.48. The highest BCUT2D eigenvalue weighted by molar-refractivity contribution is 7.10. The number of benzene rings is 3. The number of fused-ring (bicyclic) bond motifs is 4. The zero-order chi connectivity index (χ0) is 19.4. The Bertz CT molecular complexity index is 1250. The van der Waals surface area contributed by atoms with Gasteiger partial charge in [0.1, 0.15) is 5.75 Å². The van der Waals surface area contributed by atoms with Gasteiger partial charge in [-0.2, -0.15) is 5.10 Å². The average Bonchev–Trinajstić information content (AvgIpc) is 3.43. The van der Waals surface area contributed by atoms with Crippen molar-refractivity contribution in [3.05, 3.63) is 99.2 Å². The van der Waals surface area contributed by atoms with Crippen LogP contribution in [-0.2, 0) is 0 Å². The van der Waals surface area contributed by atoms with Gasteiger partial charge in [-0.05, 0) is 52.0 Å². The molecule has 142 valence electrons. The summed E-state index contributed by atoms with van der Waals surface area (Å²) in [5.41, 5.74) is 3.34. The van der Waals surface area contributed by atoms with E-state index in [4.69, 9.17) is 21.4 Å². The fourth-order valence-corrected chi connectivity index (χ4v) is 5.15. The SMILES string of the molecule is Clc1ccc2c(c1)[C@@H]1CC(c3ccc4ccccc4c3)=NN1[C@H](c1cccs1)O2. The van der Waals surface area contributed by atoms with Crippen LogP contribution in [0.3, 0.4) is 0 Å². The molecule has 4 aromatic rings. The van der Waals surface area contributed by atoms with E-state index in [-0.39, 0.29) is 12.3 Å². The van der Waals surface area contributed by atoms with Crippen molar-refractivity contribution in [1.29, 1.82) is 0 Å². The van der Waals surface area contributed by atoms with E-state index in [1.807, 2.05) is 18.2 Å². The summed E-state index contributed by atoms with van der Waals surface area (Å²) in [6.45, 7) is 0. The molecule has 2 aliphatic rings. The van der Waals surface area contributed by atoms with E-state index in [9.17, 15) is 0 Å². The number of hydrazone groups is 1. The molecule has 5 heteroatoms. The maximum atomic E-state index is 6.37. The average molecular weight is 417 g/mol. The van der Waals surface area contributed by atoms with Gasteiger partial charge in [-0.25, -0.2) is 5.01 Å². The predicted octanol–water partition coefficient (Wildman–Crippen LogP) is 6.80. The van der Waals surface area contributed by atoms with Crippen molar-refractivity contribution in [3.8, 4) is 5.75 Å². The Morgan fingerprint density at radius 2 is 1.86 bits per heavy atom. The molecule has 2 aliphatic heterocycles. The van der Waals surface area contributed by atoms with Crippen LogP contribution in [0.2, 0.25) is 5.02 Å². The first-order valence-electron chi connectivity index (χ1n) is 9.61. The molecule has 2 atom stereocenters. The number of rotatable bonds is 2. The summed E-state index contributed by atoms with van der Waals surface area (Å²) in [5.74, 6) is 0.893. The molecule has 0 N–H and O–H groups in total. The number of halogens is 1. The molecule has 6 rings (SSSR count). The Balaban J connectivity index is 1.46. The number of hydrogen-bond donors (Lipinski definition) is 0. The van der Waals surface area contributed by atoms with Gasteiger partial charge in [0.05, 0.1) is 16.6 Å². The molecule has 0 spiro atoms. The normalized spacial score (nSPS) is 20.2. The molecule has 1 aromatic heterocycles. The highest BCUT2D eigenvalue weighted by Gasteiger charge is 2.41. The number of thiophene rings is 1. The highest BCUT2D eigenvalue weighted by atomic mass is 35.5. The lowest BCUT2D eigenvalue weighted by molar-refractivity contribution is -0.0165. The second kappa shape index (κ2) is 6.61. The van der Waals surface area contributed by atoms with E-state index >= 15 is 0 Å². The van der Waals surface area contributed by atoms with E-state index in [1.165, 1.54) is 10.8 Å². The van der Waals surface area contributed by atoms with Gasteiger partial charge in [0.25, 0.3) is 0 Å². The first-order valence-corrected chi connectivity index (χ1v) is 10.9. The molecule has 3 nitrogen and oxygen atoms in total. The van der Waals surface area contributed by atoms with Crippen LogP contribution in [0.1, 0.15) is 34.7 Å². The summed E-state index contributed by atoms with van der Waals surface area (Å²) in [4.78, 5) is 1.15. The second-order valence-corrected chi connectivity index (χ2v) is 8.79. The number of nitrogens with zero attached hydrogens (tertiary/aromatic N) is 2. The van der Waals surface area contributed by atoms with Gasteiger partial charge in [0.2, 0.25) is 6.23 Å². The molecule has 29 heavy (non-hydrogen) atoms. The van der Waals surface area contributed by atoms with Crippen molar-refractivity contribution in [2.75, 3.05) is 0 Å². The lowest BCUT2D eigenvalue weighted by Gasteiger charge is -2.37. The Morgan fingerprint density at radius 3 is 2.72 bits per heavy atom. The molecule has 0 amide bonds. The standard InChI is InChI=1S/C24H17ClN2OS/c25-18-9-10-22-19(13-18)21-14-20(17-8-7-15-4-1-2-5-16(15)12-17)26-27(21)24(28-22)23-6-3-11-29-23/h1-13,21,24H,14H2/t21-,24-/m0/s1. The Hall–Kier alpha value is -2.82. The van der Waals surface area contributed by atoms with Gasteiger partial charge in [-0.1, -0.05) is 54.1 Å². The Labute approximate surface area is 177 Å². The minimum atomic E-state index is -0.216. The molecule has 0 bridgehead atoms. The summed E-state index contributed by atoms with van der Waals surface area (Å²) < 4.78 is 6.37. The maximum Gasteiger partial charge on any atom is 0.222 e. The molecule has 3 aromatic carbocycles. The zero-order valence-electron chi connectivity index (χ0n) is 15.5. The zero-order valence-corrected chi connectivity index (χ0v) is 17.0. The first-order chi connectivity index (χ1) is 14.3. The molecule has 0 fully saturated rings. The van der Waals surface area contributed by atoms with E-state index in [1.54, 1.807) is 11.3 Å². The van der Waals surface area contributed by atoms with Gasteiger partial charge >= 0.3 is 0 Å². The summed E-state index contributed by atoms with van der Waals surface area (Å²) in [5, 5.41) is 12.4.